The minimum Gasteiger partial charge on any atom is -0.497 e. The molecule has 0 aliphatic heterocycles. The van der Waals surface area contributed by atoms with Crippen molar-refractivity contribution < 1.29 is 14.3 Å². The molecule has 0 saturated heterocycles. The Morgan fingerprint density at radius 1 is 1.26 bits per heavy atom. The molecule has 0 saturated carbocycles. The smallest absolute Gasteiger partial charge is 0.251 e. The van der Waals surface area contributed by atoms with Gasteiger partial charge in [-0.3, -0.25) is 4.79 Å². The van der Waals surface area contributed by atoms with E-state index < -0.39 is 0 Å². The van der Waals surface area contributed by atoms with Crippen molar-refractivity contribution in [2.24, 2.45) is 0 Å². The van der Waals surface area contributed by atoms with E-state index in [1.807, 2.05) is 24.3 Å². The van der Waals surface area contributed by atoms with Gasteiger partial charge in [0.05, 0.1) is 11.6 Å². The van der Waals surface area contributed by atoms with Gasteiger partial charge < -0.3 is 14.8 Å². The van der Waals surface area contributed by atoms with Gasteiger partial charge in [0.15, 0.2) is 0 Å². The number of benzene rings is 2. The lowest BCUT2D eigenvalue weighted by molar-refractivity contribution is 0.0951. The summed E-state index contributed by atoms with van der Waals surface area (Å²) in [4.78, 5) is 12.2. The molecular formula is C18H18BrNO3. The van der Waals surface area contributed by atoms with Gasteiger partial charge in [0.1, 0.15) is 18.1 Å². The van der Waals surface area contributed by atoms with Gasteiger partial charge in [-0.2, -0.15) is 0 Å². The second-order valence-electron chi connectivity index (χ2n) is 4.78. The average molecular weight is 376 g/mol. The van der Waals surface area contributed by atoms with Crippen LogP contribution in [0.3, 0.4) is 0 Å². The third-order valence-corrected chi connectivity index (χ3v) is 3.78. The largest absolute Gasteiger partial charge is 0.497 e. The molecule has 0 spiro atoms. The summed E-state index contributed by atoms with van der Waals surface area (Å²) in [5.41, 5.74) is 1.57. The highest BCUT2D eigenvalue weighted by atomic mass is 79.9. The van der Waals surface area contributed by atoms with Gasteiger partial charge in [-0.25, -0.2) is 0 Å². The summed E-state index contributed by atoms with van der Waals surface area (Å²) in [5, 5.41) is 2.88. The summed E-state index contributed by atoms with van der Waals surface area (Å²) in [6.45, 7) is 4.47. The summed E-state index contributed by atoms with van der Waals surface area (Å²) in [5.74, 6) is 1.33. The normalized spacial score (nSPS) is 10.0. The van der Waals surface area contributed by atoms with E-state index in [1.165, 1.54) is 0 Å². The van der Waals surface area contributed by atoms with E-state index in [2.05, 4.69) is 27.8 Å². The van der Waals surface area contributed by atoms with Gasteiger partial charge in [0.2, 0.25) is 0 Å². The molecule has 0 aliphatic carbocycles. The van der Waals surface area contributed by atoms with Crippen molar-refractivity contribution in [3.8, 4) is 11.5 Å². The Morgan fingerprint density at radius 2 is 2.00 bits per heavy atom. The molecule has 5 heteroatoms. The fourth-order valence-corrected chi connectivity index (χ4v) is 2.43. The van der Waals surface area contributed by atoms with Gasteiger partial charge in [-0.05, 0) is 51.8 Å². The molecule has 0 aromatic heterocycles. The maximum atomic E-state index is 12.2. The average Bonchev–Trinajstić information content (AvgIpc) is 2.59. The number of hydrogen-bond donors (Lipinski definition) is 1. The Morgan fingerprint density at radius 3 is 2.61 bits per heavy atom. The summed E-state index contributed by atoms with van der Waals surface area (Å²) < 4.78 is 11.3. The second kappa shape index (κ2) is 8.39. The molecule has 0 atom stereocenters. The van der Waals surface area contributed by atoms with Crippen molar-refractivity contribution in [2.75, 3.05) is 13.7 Å². The van der Waals surface area contributed by atoms with E-state index >= 15 is 0 Å². The first-order valence-corrected chi connectivity index (χ1v) is 7.87. The zero-order chi connectivity index (χ0) is 16.7. The van der Waals surface area contributed by atoms with E-state index in [0.717, 1.165) is 15.8 Å². The molecule has 1 N–H and O–H groups in total. The molecule has 2 aromatic carbocycles. The van der Waals surface area contributed by atoms with Crippen molar-refractivity contribution >= 4 is 21.8 Å². The number of rotatable bonds is 7. The number of hydrogen-bond acceptors (Lipinski definition) is 3. The van der Waals surface area contributed by atoms with Gasteiger partial charge in [-0.15, -0.1) is 0 Å². The number of carbonyl (C=O) groups excluding carboxylic acids is 1. The number of ether oxygens (including phenoxy) is 2. The Hall–Kier alpha value is -2.27. The van der Waals surface area contributed by atoms with Crippen LogP contribution in [-0.4, -0.2) is 19.6 Å². The minimum atomic E-state index is -0.142. The van der Waals surface area contributed by atoms with Gasteiger partial charge in [0, 0.05) is 12.1 Å². The zero-order valence-electron chi connectivity index (χ0n) is 12.8. The Labute approximate surface area is 144 Å². The molecule has 4 nitrogen and oxygen atoms in total. The molecular weight excluding hydrogens is 358 g/mol. The molecule has 23 heavy (non-hydrogen) atoms. The molecule has 0 aliphatic rings. The number of nitrogens with one attached hydrogen (secondary N) is 1. The third-order valence-electron chi connectivity index (χ3n) is 3.16. The Bertz CT molecular complexity index is 683. The summed E-state index contributed by atoms with van der Waals surface area (Å²) in [7, 11) is 1.62. The highest BCUT2D eigenvalue weighted by molar-refractivity contribution is 9.10. The van der Waals surface area contributed by atoms with Gasteiger partial charge in [0.25, 0.3) is 5.91 Å². The summed E-state index contributed by atoms with van der Waals surface area (Å²) >= 11 is 3.40. The molecule has 0 radical (unpaired) electrons. The van der Waals surface area contributed by atoms with Crippen molar-refractivity contribution in [1.29, 1.82) is 0 Å². The van der Waals surface area contributed by atoms with Crippen LogP contribution in [0.4, 0.5) is 0 Å². The lowest BCUT2D eigenvalue weighted by Crippen LogP contribution is -2.22. The maximum absolute atomic E-state index is 12.2. The van der Waals surface area contributed by atoms with Crippen LogP contribution in [0.2, 0.25) is 0 Å². The van der Waals surface area contributed by atoms with Crippen molar-refractivity contribution in [1.82, 2.24) is 5.32 Å². The molecule has 0 bridgehead atoms. The standard InChI is InChI=1S/C18H18BrNO3/c1-3-10-23-17-9-6-14(11-16(17)19)18(21)20-12-13-4-7-15(22-2)8-5-13/h3-9,11H,1,10,12H2,2H3,(H,20,21). The van der Waals surface area contributed by atoms with Crippen LogP contribution in [0.1, 0.15) is 15.9 Å². The third kappa shape index (κ3) is 4.86. The second-order valence-corrected chi connectivity index (χ2v) is 5.63. The number of halogens is 1. The van der Waals surface area contributed by atoms with Crippen LogP contribution in [0.15, 0.2) is 59.6 Å². The highest BCUT2D eigenvalue weighted by Crippen LogP contribution is 2.26. The van der Waals surface area contributed by atoms with Crippen molar-refractivity contribution in [2.45, 2.75) is 6.54 Å². The van der Waals surface area contributed by atoms with Crippen molar-refractivity contribution in [3.05, 3.63) is 70.7 Å². The first-order chi connectivity index (χ1) is 11.1. The highest BCUT2D eigenvalue weighted by Gasteiger charge is 2.09. The quantitative estimate of drug-likeness (QED) is 0.745. The van der Waals surface area contributed by atoms with E-state index in [-0.39, 0.29) is 5.91 Å². The van der Waals surface area contributed by atoms with E-state index in [0.29, 0.717) is 24.5 Å². The molecule has 0 unspecified atom stereocenters. The molecule has 0 fully saturated rings. The number of amides is 1. The molecule has 120 valence electrons. The van der Waals surface area contributed by atoms with E-state index in [1.54, 1.807) is 31.4 Å². The zero-order valence-corrected chi connectivity index (χ0v) is 14.4. The Balaban J connectivity index is 1.97. The first kappa shape index (κ1) is 17.1. The predicted octanol–water partition coefficient (Wildman–Crippen LogP) is 3.95. The molecule has 2 aromatic rings. The summed E-state index contributed by atoms with van der Waals surface area (Å²) in [6.07, 6.45) is 1.67. The summed E-state index contributed by atoms with van der Waals surface area (Å²) in [6, 6.07) is 12.8. The van der Waals surface area contributed by atoms with Gasteiger partial charge in [-0.1, -0.05) is 24.8 Å². The SMILES string of the molecule is C=CCOc1ccc(C(=O)NCc2ccc(OC)cc2)cc1Br. The first-order valence-electron chi connectivity index (χ1n) is 7.08. The lowest BCUT2D eigenvalue weighted by Gasteiger charge is -2.09. The van der Waals surface area contributed by atoms with Crippen LogP contribution >= 0.6 is 15.9 Å². The minimum absolute atomic E-state index is 0.142. The van der Waals surface area contributed by atoms with Crippen LogP contribution in [0.5, 0.6) is 11.5 Å². The van der Waals surface area contributed by atoms with Gasteiger partial charge >= 0.3 is 0 Å². The fraction of sp³-hybridized carbons (Fsp3) is 0.167. The topological polar surface area (TPSA) is 47.6 Å². The van der Waals surface area contributed by atoms with E-state index in [4.69, 9.17) is 9.47 Å². The molecule has 0 heterocycles. The van der Waals surface area contributed by atoms with Crippen LogP contribution in [0.25, 0.3) is 0 Å². The predicted molar refractivity (Wildman–Crippen MR) is 94.0 cm³/mol. The monoisotopic (exact) mass is 375 g/mol. The van der Waals surface area contributed by atoms with Crippen LogP contribution in [0, 0.1) is 0 Å². The number of methoxy groups -OCH3 is 1. The Kier molecular flexibility index (Phi) is 6.23. The molecule has 2 rings (SSSR count). The lowest BCUT2D eigenvalue weighted by atomic mass is 10.2. The van der Waals surface area contributed by atoms with Crippen LogP contribution in [-0.2, 0) is 6.54 Å². The maximum Gasteiger partial charge on any atom is 0.251 e. The molecule has 1 amide bonds. The van der Waals surface area contributed by atoms with Crippen LogP contribution < -0.4 is 14.8 Å². The van der Waals surface area contributed by atoms with E-state index in [9.17, 15) is 4.79 Å². The number of carbonyl (C=O) groups is 1. The van der Waals surface area contributed by atoms with Crippen molar-refractivity contribution in [3.63, 3.8) is 0 Å². The fourth-order valence-electron chi connectivity index (χ4n) is 1.94.